The summed E-state index contributed by atoms with van der Waals surface area (Å²) in [6.45, 7) is 2.95. The first-order valence-corrected chi connectivity index (χ1v) is 9.32. The number of piperidine rings is 1. The minimum Gasteiger partial charge on any atom is -0.353 e. The molecule has 0 aliphatic carbocycles. The Morgan fingerprint density at radius 3 is 2.92 bits per heavy atom. The first kappa shape index (κ1) is 18.0. The Labute approximate surface area is 158 Å². The molecule has 1 unspecified atom stereocenters. The molecule has 2 heterocycles. The summed E-state index contributed by atoms with van der Waals surface area (Å²) in [6.07, 6.45) is 7.60. The van der Waals surface area contributed by atoms with Gasteiger partial charge in [0.1, 0.15) is 0 Å². The Morgan fingerprint density at radius 1 is 1.28 bits per heavy atom. The number of anilines is 2. The van der Waals surface area contributed by atoms with E-state index in [1.807, 2.05) is 11.0 Å². The average Bonchev–Trinajstić information content (AvgIpc) is 2.64. The second kappa shape index (κ2) is 8.07. The third kappa shape index (κ3) is 4.25. The molecule has 1 fully saturated rings. The summed E-state index contributed by atoms with van der Waals surface area (Å²) < 4.78 is 0. The molecule has 6 heteroatoms. The van der Waals surface area contributed by atoms with Crippen molar-refractivity contribution in [1.82, 2.24) is 9.88 Å². The molecule has 132 valence electrons. The van der Waals surface area contributed by atoms with E-state index in [0.717, 1.165) is 25.8 Å². The Morgan fingerprint density at radius 2 is 2.12 bits per heavy atom. The zero-order valence-electron chi connectivity index (χ0n) is 14.1. The van der Waals surface area contributed by atoms with Crippen molar-refractivity contribution in [3.63, 3.8) is 0 Å². The Kier molecular flexibility index (Phi) is 5.82. The lowest BCUT2D eigenvalue weighted by atomic mass is 9.99. The molecule has 1 saturated heterocycles. The molecule has 0 spiro atoms. The van der Waals surface area contributed by atoms with E-state index in [-0.39, 0.29) is 5.91 Å². The van der Waals surface area contributed by atoms with E-state index >= 15 is 0 Å². The molecule has 1 aliphatic rings. The molecular formula is C19H21Cl2N3O. The summed E-state index contributed by atoms with van der Waals surface area (Å²) >= 11 is 12.2. The van der Waals surface area contributed by atoms with Gasteiger partial charge < -0.3 is 10.2 Å². The van der Waals surface area contributed by atoms with E-state index in [0.29, 0.717) is 33.0 Å². The summed E-state index contributed by atoms with van der Waals surface area (Å²) in [5.41, 5.74) is 1.98. The van der Waals surface area contributed by atoms with Crippen molar-refractivity contribution in [2.75, 3.05) is 11.9 Å². The minimum absolute atomic E-state index is 0.0416. The highest BCUT2D eigenvalue weighted by molar-refractivity contribution is 6.35. The van der Waals surface area contributed by atoms with Crippen LogP contribution >= 0.6 is 23.2 Å². The van der Waals surface area contributed by atoms with E-state index in [1.54, 1.807) is 30.6 Å². The van der Waals surface area contributed by atoms with Crippen molar-refractivity contribution in [2.45, 2.75) is 38.6 Å². The van der Waals surface area contributed by atoms with Crippen LogP contribution in [0.4, 0.5) is 11.4 Å². The minimum atomic E-state index is 0.0416. The number of aromatic nitrogens is 1. The number of rotatable bonds is 4. The highest BCUT2D eigenvalue weighted by Gasteiger charge is 2.26. The largest absolute Gasteiger partial charge is 0.353 e. The fraction of sp³-hybridized carbons (Fsp3) is 0.368. The number of nitrogens with zero attached hydrogens (tertiary/aromatic N) is 2. The normalized spacial score (nSPS) is 17.4. The lowest BCUT2D eigenvalue weighted by molar-refractivity contribution is 0.0607. The molecule has 0 radical (unpaired) electrons. The van der Waals surface area contributed by atoms with Crippen LogP contribution in [-0.2, 0) is 0 Å². The zero-order valence-corrected chi connectivity index (χ0v) is 15.6. The van der Waals surface area contributed by atoms with Crippen LogP contribution < -0.4 is 5.32 Å². The maximum absolute atomic E-state index is 12.9. The topological polar surface area (TPSA) is 45.2 Å². The number of likely N-dealkylation sites (tertiary alicyclic amines) is 1. The van der Waals surface area contributed by atoms with Crippen LogP contribution in [0, 0.1) is 0 Å². The third-order valence-corrected chi connectivity index (χ3v) is 5.12. The number of benzene rings is 1. The van der Waals surface area contributed by atoms with Crippen molar-refractivity contribution in [3.05, 3.63) is 52.3 Å². The second-order valence-electron chi connectivity index (χ2n) is 6.27. The Hall–Kier alpha value is -1.78. The van der Waals surface area contributed by atoms with Gasteiger partial charge in [-0.2, -0.15) is 0 Å². The lowest BCUT2D eigenvalue weighted by Gasteiger charge is -2.35. The van der Waals surface area contributed by atoms with Crippen molar-refractivity contribution in [1.29, 1.82) is 0 Å². The maximum atomic E-state index is 12.9. The molecule has 0 saturated carbocycles. The van der Waals surface area contributed by atoms with Gasteiger partial charge in [-0.05, 0) is 49.9 Å². The number of hydrogen-bond donors (Lipinski definition) is 1. The first-order valence-electron chi connectivity index (χ1n) is 8.56. The van der Waals surface area contributed by atoms with E-state index in [4.69, 9.17) is 23.2 Å². The van der Waals surface area contributed by atoms with E-state index < -0.39 is 0 Å². The van der Waals surface area contributed by atoms with Gasteiger partial charge in [0.25, 0.3) is 5.91 Å². The fourth-order valence-electron chi connectivity index (χ4n) is 3.23. The fourth-order valence-corrected chi connectivity index (χ4v) is 3.57. The molecule has 1 N–H and O–H groups in total. The van der Waals surface area contributed by atoms with Crippen molar-refractivity contribution < 1.29 is 4.79 Å². The highest BCUT2D eigenvalue weighted by atomic mass is 35.5. The van der Waals surface area contributed by atoms with Crippen LogP contribution in [0.3, 0.4) is 0 Å². The Bertz CT molecular complexity index is 766. The number of pyridine rings is 1. The van der Waals surface area contributed by atoms with Gasteiger partial charge in [-0.3, -0.25) is 9.78 Å². The molecule has 2 aromatic rings. The number of carbonyl (C=O) groups excluding carboxylic acids is 1. The average molecular weight is 378 g/mol. The van der Waals surface area contributed by atoms with Gasteiger partial charge in [0.05, 0.1) is 28.2 Å². The van der Waals surface area contributed by atoms with Crippen LogP contribution in [0.5, 0.6) is 0 Å². The van der Waals surface area contributed by atoms with E-state index in [1.165, 1.54) is 6.42 Å². The Balaban J connectivity index is 1.81. The predicted molar refractivity (Wildman–Crippen MR) is 103 cm³/mol. The predicted octanol–water partition coefficient (Wildman–Crippen LogP) is 5.54. The summed E-state index contributed by atoms with van der Waals surface area (Å²) in [4.78, 5) is 19.1. The number of hydrogen-bond acceptors (Lipinski definition) is 3. The molecule has 0 bridgehead atoms. The molecule has 25 heavy (non-hydrogen) atoms. The quantitative estimate of drug-likeness (QED) is 0.760. The molecular weight excluding hydrogens is 357 g/mol. The zero-order chi connectivity index (χ0) is 17.8. The number of carbonyl (C=O) groups is 1. The van der Waals surface area contributed by atoms with Gasteiger partial charge in [-0.1, -0.05) is 30.1 Å². The van der Waals surface area contributed by atoms with Gasteiger partial charge >= 0.3 is 0 Å². The standard InChI is InChI=1S/C19H21Cl2N3O/c1-2-16-5-3-4-8-24(16)19(25)13-9-15(12-22-11-13)23-18-10-14(20)6-7-17(18)21/h6-7,9-12,16,23H,2-5,8H2,1H3. The van der Waals surface area contributed by atoms with Crippen LogP contribution in [0.2, 0.25) is 10.0 Å². The van der Waals surface area contributed by atoms with E-state index in [9.17, 15) is 4.79 Å². The molecule has 1 aromatic carbocycles. The monoisotopic (exact) mass is 377 g/mol. The maximum Gasteiger partial charge on any atom is 0.255 e. The summed E-state index contributed by atoms with van der Waals surface area (Å²) in [5, 5.41) is 4.33. The number of nitrogens with one attached hydrogen (secondary N) is 1. The van der Waals surface area contributed by atoms with Crippen LogP contribution in [0.15, 0.2) is 36.7 Å². The third-order valence-electron chi connectivity index (χ3n) is 4.55. The highest BCUT2D eigenvalue weighted by Crippen LogP contribution is 2.29. The van der Waals surface area contributed by atoms with Crippen molar-refractivity contribution in [3.8, 4) is 0 Å². The summed E-state index contributed by atoms with van der Waals surface area (Å²) in [5.74, 6) is 0.0416. The van der Waals surface area contributed by atoms with Gasteiger partial charge in [0.15, 0.2) is 0 Å². The van der Waals surface area contributed by atoms with Crippen molar-refractivity contribution >= 4 is 40.5 Å². The molecule has 1 aliphatic heterocycles. The number of halogens is 2. The molecule has 1 atom stereocenters. The van der Waals surface area contributed by atoms with Crippen LogP contribution in [0.25, 0.3) is 0 Å². The van der Waals surface area contributed by atoms with Crippen molar-refractivity contribution in [2.24, 2.45) is 0 Å². The summed E-state index contributed by atoms with van der Waals surface area (Å²) in [6, 6.07) is 7.34. The number of amides is 1. The van der Waals surface area contributed by atoms with Crippen LogP contribution in [-0.4, -0.2) is 28.4 Å². The van der Waals surface area contributed by atoms with Gasteiger partial charge in [-0.25, -0.2) is 0 Å². The molecule has 3 rings (SSSR count). The lowest BCUT2D eigenvalue weighted by Crippen LogP contribution is -2.43. The molecule has 1 aromatic heterocycles. The van der Waals surface area contributed by atoms with Gasteiger partial charge in [0, 0.05) is 23.8 Å². The second-order valence-corrected chi connectivity index (χ2v) is 7.11. The van der Waals surface area contributed by atoms with Crippen LogP contribution in [0.1, 0.15) is 43.0 Å². The first-order chi connectivity index (χ1) is 12.1. The molecule has 4 nitrogen and oxygen atoms in total. The smallest absolute Gasteiger partial charge is 0.255 e. The van der Waals surface area contributed by atoms with E-state index in [2.05, 4.69) is 17.2 Å². The van der Waals surface area contributed by atoms with Gasteiger partial charge in [-0.15, -0.1) is 0 Å². The molecule has 1 amide bonds. The SMILES string of the molecule is CCC1CCCCN1C(=O)c1cncc(Nc2cc(Cl)ccc2Cl)c1. The van der Waals surface area contributed by atoms with Gasteiger partial charge in [0.2, 0.25) is 0 Å². The summed E-state index contributed by atoms with van der Waals surface area (Å²) in [7, 11) is 0.